The normalized spacial score (nSPS) is 12.2. The molecule has 1 aromatic carbocycles. The van der Waals surface area contributed by atoms with E-state index >= 15 is 0 Å². The van der Waals surface area contributed by atoms with Crippen LogP contribution in [0.1, 0.15) is 10.4 Å². The van der Waals surface area contributed by atoms with E-state index in [1.54, 1.807) is 0 Å². The predicted octanol–water partition coefficient (Wildman–Crippen LogP) is 1.61. The number of carbonyl (C=O) groups excluding carboxylic acids is 1. The highest BCUT2D eigenvalue weighted by Gasteiger charge is 2.33. The maximum atomic E-state index is 12.1. The second-order valence-electron chi connectivity index (χ2n) is 3.01. The van der Waals surface area contributed by atoms with E-state index in [1.807, 2.05) is 0 Å². The van der Waals surface area contributed by atoms with Gasteiger partial charge < -0.3 is 10.5 Å². The first-order chi connectivity index (χ1) is 8.00. The Morgan fingerprint density at radius 3 is 2.28 bits per heavy atom. The Balaban J connectivity index is 3.38. The average molecular weight is 304 g/mol. The van der Waals surface area contributed by atoms with Gasteiger partial charge in [0.1, 0.15) is 5.75 Å². The summed E-state index contributed by atoms with van der Waals surface area (Å²) in [6.45, 7) is 0. The summed E-state index contributed by atoms with van der Waals surface area (Å²) in [5.41, 5.74) is 4.21. The van der Waals surface area contributed by atoms with Gasteiger partial charge >= 0.3 is 6.36 Å². The predicted molar refractivity (Wildman–Crippen MR) is 54.7 cm³/mol. The van der Waals surface area contributed by atoms with Crippen molar-refractivity contribution in [2.24, 2.45) is 5.73 Å². The third-order valence-electron chi connectivity index (χ3n) is 1.73. The zero-order valence-corrected chi connectivity index (χ0v) is 9.93. The Morgan fingerprint density at radius 1 is 1.33 bits per heavy atom. The Labute approximate surface area is 104 Å². The Kier molecular flexibility index (Phi) is 3.77. The molecule has 18 heavy (non-hydrogen) atoms. The summed E-state index contributed by atoms with van der Waals surface area (Å²) in [6.07, 6.45) is -5.10. The van der Waals surface area contributed by atoms with Gasteiger partial charge in [-0.3, -0.25) is 4.79 Å². The number of ether oxygens (including phenoxy) is 1. The molecular formula is C8H5ClF3NO4S. The molecule has 0 aromatic heterocycles. The Morgan fingerprint density at radius 2 is 1.89 bits per heavy atom. The van der Waals surface area contributed by atoms with E-state index in [-0.39, 0.29) is 0 Å². The monoisotopic (exact) mass is 303 g/mol. The third kappa shape index (κ3) is 3.77. The molecule has 0 fully saturated rings. The van der Waals surface area contributed by atoms with Crippen molar-refractivity contribution in [3.8, 4) is 5.75 Å². The van der Waals surface area contributed by atoms with Crippen molar-refractivity contribution in [2.45, 2.75) is 11.3 Å². The standard InChI is InChI=1S/C8H5ClF3NO4S/c9-18(15,16)4-1-2-5(7(13)14)6(3-4)17-8(10,11)12/h1-3H,(H2,13,14). The first-order valence-electron chi connectivity index (χ1n) is 4.15. The van der Waals surface area contributed by atoms with Gasteiger partial charge in [0.05, 0.1) is 10.5 Å². The molecule has 0 saturated heterocycles. The van der Waals surface area contributed by atoms with Gasteiger partial charge in [-0.2, -0.15) is 0 Å². The topological polar surface area (TPSA) is 86.5 Å². The number of primary amides is 1. The number of rotatable bonds is 3. The minimum Gasteiger partial charge on any atom is -0.405 e. The van der Waals surface area contributed by atoms with Crippen LogP contribution in [0.3, 0.4) is 0 Å². The van der Waals surface area contributed by atoms with Crippen molar-refractivity contribution in [3.63, 3.8) is 0 Å². The van der Waals surface area contributed by atoms with Crippen molar-refractivity contribution >= 4 is 25.6 Å². The molecule has 1 aromatic rings. The van der Waals surface area contributed by atoms with Crippen molar-refractivity contribution in [2.75, 3.05) is 0 Å². The summed E-state index contributed by atoms with van der Waals surface area (Å²) in [6, 6.07) is 2.08. The molecule has 0 aliphatic heterocycles. The molecule has 5 nitrogen and oxygen atoms in total. The second-order valence-corrected chi connectivity index (χ2v) is 5.57. The molecule has 10 heteroatoms. The van der Waals surface area contributed by atoms with Crippen LogP contribution in [0, 0.1) is 0 Å². The van der Waals surface area contributed by atoms with Gasteiger partial charge in [-0.05, 0) is 12.1 Å². The lowest BCUT2D eigenvalue weighted by atomic mass is 10.2. The van der Waals surface area contributed by atoms with Crippen LogP contribution in [0.5, 0.6) is 5.75 Å². The molecule has 100 valence electrons. The lowest BCUT2D eigenvalue weighted by molar-refractivity contribution is -0.274. The largest absolute Gasteiger partial charge is 0.573 e. The molecule has 0 unspecified atom stereocenters. The average Bonchev–Trinajstić information content (AvgIpc) is 2.12. The van der Waals surface area contributed by atoms with Crippen LogP contribution in [0.4, 0.5) is 13.2 Å². The van der Waals surface area contributed by atoms with Crippen LogP contribution >= 0.6 is 10.7 Å². The van der Waals surface area contributed by atoms with E-state index in [1.165, 1.54) is 0 Å². The second kappa shape index (κ2) is 4.65. The summed E-state index contributed by atoms with van der Waals surface area (Å²) < 4.78 is 61.6. The van der Waals surface area contributed by atoms with Gasteiger partial charge in [0.2, 0.25) is 0 Å². The van der Waals surface area contributed by atoms with Gasteiger partial charge in [0.25, 0.3) is 15.0 Å². The minimum atomic E-state index is -5.10. The van der Waals surface area contributed by atoms with Crippen LogP contribution in [-0.4, -0.2) is 20.7 Å². The fourth-order valence-electron chi connectivity index (χ4n) is 1.07. The molecular weight excluding hydrogens is 299 g/mol. The van der Waals surface area contributed by atoms with Crippen molar-refractivity contribution in [1.82, 2.24) is 0 Å². The lowest BCUT2D eigenvalue weighted by Gasteiger charge is -2.12. The first kappa shape index (κ1) is 14.6. The zero-order valence-electron chi connectivity index (χ0n) is 8.36. The number of benzene rings is 1. The Bertz CT molecular complexity index is 584. The molecule has 0 spiro atoms. The van der Waals surface area contributed by atoms with E-state index < -0.39 is 37.5 Å². The first-order valence-corrected chi connectivity index (χ1v) is 6.46. The number of halogens is 4. The SMILES string of the molecule is NC(=O)c1ccc(S(=O)(=O)Cl)cc1OC(F)(F)F. The molecule has 0 heterocycles. The van der Waals surface area contributed by atoms with Crippen LogP contribution in [0.2, 0.25) is 0 Å². The molecule has 0 bridgehead atoms. The zero-order chi connectivity index (χ0) is 14.1. The third-order valence-corrected chi connectivity index (χ3v) is 3.08. The summed E-state index contributed by atoms with van der Waals surface area (Å²) in [7, 11) is 0.702. The highest BCUT2D eigenvalue weighted by molar-refractivity contribution is 8.13. The summed E-state index contributed by atoms with van der Waals surface area (Å²) in [5.74, 6) is -2.23. The molecule has 0 saturated carbocycles. The molecule has 2 N–H and O–H groups in total. The highest BCUT2D eigenvalue weighted by Crippen LogP contribution is 2.29. The maximum absolute atomic E-state index is 12.1. The molecule has 0 aliphatic rings. The van der Waals surface area contributed by atoms with E-state index in [0.29, 0.717) is 6.07 Å². The summed E-state index contributed by atoms with van der Waals surface area (Å²) in [4.78, 5) is 10.2. The fraction of sp³-hybridized carbons (Fsp3) is 0.125. The number of alkyl halides is 3. The molecule has 0 atom stereocenters. The Hall–Kier alpha value is -1.48. The smallest absolute Gasteiger partial charge is 0.405 e. The lowest BCUT2D eigenvalue weighted by Crippen LogP contribution is -2.21. The van der Waals surface area contributed by atoms with E-state index in [2.05, 4.69) is 4.74 Å². The van der Waals surface area contributed by atoms with Crippen LogP contribution in [0.25, 0.3) is 0 Å². The maximum Gasteiger partial charge on any atom is 0.573 e. The number of hydrogen-bond donors (Lipinski definition) is 1. The van der Waals surface area contributed by atoms with Crippen molar-refractivity contribution in [1.29, 1.82) is 0 Å². The van der Waals surface area contributed by atoms with Crippen molar-refractivity contribution < 1.29 is 31.1 Å². The quantitative estimate of drug-likeness (QED) is 0.860. The molecule has 0 radical (unpaired) electrons. The number of carbonyl (C=O) groups is 1. The fourth-order valence-corrected chi connectivity index (χ4v) is 1.83. The molecule has 0 aliphatic carbocycles. The number of amides is 1. The van der Waals surface area contributed by atoms with Crippen molar-refractivity contribution in [3.05, 3.63) is 23.8 Å². The highest BCUT2D eigenvalue weighted by atomic mass is 35.7. The summed E-state index contributed by atoms with van der Waals surface area (Å²) >= 11 is 0. The van der Waals surface area contributed by atoms with E-state index in [0.717, 1.165) is 12.1 Å². The summed E-state index contributed by atoms with van der Waals surface area (Å²) in [5, 5.41) is 0. The van der Waals surface area contributed by atoms with Gasteiger partial charge in [-0.15, -0.1) is 13.2 Å². The van der Waals surface area contributed by atoms with Crippen LogP contribution in [-0.2, 0) is 9.05 Å². The molecule has 1 amide bonds. The van der Waals surface area contributed by atoms with Crippen LogP contribution in [0.15, 0.2) is 23.1 Å². The van der Waals surface area contributed by atoms with Gasteiger partial charge in [-0.1, -0.05) is 0 Å². The van der Waals surface area contributed by atoms with Gasteiger partial charge in [0, 0.05) is 16.7 Å². The van der Waals surface area contributed by atoms with E-state index in [9.17, 15) is 26.4 Å². The number of nitrogens with two attached hydrogens (primary N) is 1. The molecule has 1 rings (SSSR count). The van der Waals surface area contributed by atoms with Gasteiger partial charge in [-0.25, -0.2) is 8.42 Å². The van der Waals surface area contributed by atoms with Crippen LogP contribution < -0.4 is 10.5 Å². The minimum absolute atomic E-state index is 0.468. The van der Waals surface area contributed by atoms with Gasteiger partial charge in [0.15, 0.2) is 0 Å². The number of hydrogen-bond acceptors (Lipinski definition) is 4. The van der Waals surface area contributed by atoms with E-state index in [4.69, 9.17) is 16.4 Å².